The molecule has 0 saturated carbocycles. The van der Waals surface area contributed by atoms with Crippen LogP contribution in [-0.4, -0.2) is 4.98 Å². The fourth-order valence-corrected chi connectivity index (χ4v) is 1.09. The third-order valence-corrected chi connectivity index (χ3v) is 1.62. The molecule has 2 nitrogen and oxygen atoms in total. The lowest BCUT2D eigenvalue weighted by Gasteiger charge is -1.92. The Bertz CT molecular complexity index is 478. The van der Waals surface area contributed by atoms with E-state index in [2.05, 4.69) is 4.98 Å². The molecule has 0 aliphatic carbocycles. The Balaban J connectivity index is 2.95. The van der Waals surface area contributed by atoms with E-state index in [-0.39, 0.29) is 11.5 Å². The second-order valence-electron chi connectivity index (χ2n) is 2.56. The summed E-state index contributed by atoms with van der Waals surface area (Å²) in [5.74, 6) is -3.31. The topological polar surface area (TPSA) is 26.0 Å². The molecule has 1 heterocycles. The van der Waals surface area contributed by atoms with Crippen LogP contribution in [0.1, 0.15) is 5.89 Å². The molecule has 0 N–H and O–H groups in total. The van der Waals surface area contributed by atoms with E-state index < -0.39 is 23.0 Å². The van der Waals surface area contributed by atoms with E-state index >= 15 is 0 Å². The maximum atomic E-state index is 12.9. The van der Waals surface area contributed by atoms with Crippen LogP contribution in [0, 0.1) is 24.4 Å². The minimum absolute atomic E-state index is 0.0957. The van der Waals surface area contributed by atoms with Crippen LogP contribution in [0.5, 0.6) is 0 Å². The zero-order valence-electron chi connectivity index (χ0n) is 6.57. The van der Waals surface area contributed by atoms with Crippen molar-refractivity contribution in [2.75, 3.05) is 0 Å². The van der Waals surface area contributed by atoms with Gasteiger partial charge in [0.25, 0.3) is 0 Å². The average molecular weight is 187 g/mol. The van der Waals surface area contributed by atoms with Crippen molar-refractivity contribution in [3.05, 3.63) is 29.4 Å². The molecule has 1 aromatic carbocycles. The number of hydrogen-bond acceptors (Lipinski definition) is 2. The second kappa shape index (κ2) is 2.48. The van der Waals surface area contributed by atoms with E-state index in [0.29, 0.717) is 6.07 Å². The molecule has 0 amide bonds. The van der Waals surface area contributed by atoms with Gasteiger partial charge in [-0.25, -0.2) is 18.2 Å². The standard InChI is InChI=1S/C8H4F3NO/c1-3-12-7-6(11)4(9)2-5(10)8(7)13-3/h2H,1H3. The Morgan fingerprint density at radius 3 is 2.62 bits per heavy atom. The normalized spacial score (nSPS) is 11.1. The molecule has 0 radical (unpaired) electrons. The minimum atomic E-state index is -1.27. The number of aryl methyl sites for hydroxylation is 1. The van der Waals surface area contributed by atoms with E-state index in [1.807, 2.05) is 0 Å². The molecule has 68 valence electrons. The van der Waals surface area contributed by atoms with Gasteiger partial charge in [-0.3, -0.25) is 0 Å². The first-order valence-corrected chi connectivity index (χ1v) is 3.50. The Morgan fingerprint density at radius 2 is 1.92 bits per heavy atom. The summed E-state index contributed by atoms with van der Waals surface area (Å²) in [4.78, 5) is 3.51. The Labute approximate surface area is 71.0 Å². The first-order chi connectivity index (χ1) is 6.09. The van der Waals surface area contributed by atoms with Crippen molar-refractivity contribution >= 4 is 11.1 Å². The number of hydrogen-bond donors (Lipinski definition) is 0. The van der Waals surface area contributed by atoms with Crippen LogP contribution < -0.4 is 0 Å². The van der Waals surface area contributed by atoms with Gasteiger partial charge >= 0.3 is 0 Å². The van der Waals surface area contributed by atoms with Gasteiger partial charge in [0.2, 0.25) is 0 Å². The van der Waals surface area contributed by atoms with Crippen molar-refractivity contribution in [3.63, 3.8) is 0 Å². The van der Waals surface area contributed by atoms with Gasteiger partial charge in [-0.05, 0) is 0 Å². The Hall–Kier alpha value is -1.52. The highest BCUT2D eigenvalue weighted by Crippen LogP contribution is 2.23. The zero-order chi connectivity index (χ0) is 9.59. The highest BCUT2D eigenvalue weighted by molar-refractivity contribution is 5.74. The van der Waals surface area contributed by atoms with Crippen LogP contribution in [0.2, 0.25) is 0 Å². The van der Waals surface area contributed by atoms with Gasteiger partial charge in [0.1, 0.15) is 0 Å². The molecule has 0 bridgehead atoms. The summed E-state index contributed by atoms with van der Waals surface area (Å²) in [5.41, 5.74) is -0.758. The molecular formula is C8H4F3NO. The van der Waals surface area contributed by atoms with E-state index in [0.717, 1.165) is 0 Å². The molecule has 1 aromatic heterocycles. The molecule has 0 spiro atoms. The molecule has 0 unspecified atom stereocenters. The first kappa shape index (κ1) is 8.10. The van der Waals surface area contributed by atoms with Gasteiger partial charge in [-0.15, -0.1) is 0 Å². The smallest absolute Gasteiger partial charge is 0.193 e. The van der Waals surface area contributed by atoms with Gasteiger partial charge in [0, 0.05) is 13.0 Å². The van der Waals surface area contributed by atoms with Gasteiger partial charge in [-0.2, -0.15) is 0 Å². The minimum Gasteiger partial charge on any atom is -0.438 e. The number of rotatable bonds is 0. The van der Waals surface area contributed by atoms with E-state index in [1.165, 1.54) is 6.92 Å². The highest BCUT2D eigenvalue weighted by atomic mass is 19.2. The molecular weight excluding hydrogens is 183 g/mol. The number of oxazole rings is 1. The van der Waals surface area contributed by atoms with Crippen LogP contribution in [0.3, 0.4) is 0 Å². The third-order valence-electron chi connectivity index (χ3n) is 1.62. The fraction of sp³-hybridized carbons (Fsp3) is 0.125. The van der Waals surface area contributed by atoms with Crippen molar-refractivity contribution in [1.82, 2.24) is 4.98 Å². The van der Waals surface area contributed by atoms with Crippen LogP contribution in [0.25, 0.3) is 11.1 Å². The van der Waals surface area contributed by atoms with E-state index in [1.54, 1.807) is 0 Å². The predicted octanol–water partition coefficient (Wildman–Crippen LogP) is 2.55. The summed E-state index contributed by atoms with van der Waals surface area (Å²) in [7, 11) is 0. The molecule has 0 saturated heterocycles. The van der Waals surface area contributed by atoms with Crippen molar-refractivity contribution in [3.8, 4) is 0 Å². The number of nitrogens with zero attached hydrogens (tertiary/aromatic N) is 1. The number of benzene rings is 1. The predicted molar refractivity (Wildman–Crippen MR) is 38.6 cm³/mol. The van der Waals surface area contributed by atoms with E-state index in [9.17, 15) is 13.2 Å². The van der Waals surface area contributed by atoms with Gasteiger partial charge in [-0.1, -0.05) is 0 Å². The van der Waals surface area contributed by atoms with Gasteiger partial charge in [0.15, 0.2) is 34.4 Å². The first-order valence-electron chi connectivity index (χ1n) is 3.50. The number of fused-ring (bicyclic) bond motifs is 1. The zero-order valence-corrected chi connectivity index (χ0v) is 6.57. The summed E-state index contributed by atoms with van der Waals surface area (Å²) in [5, 5.41) is 0. The van der Waals surface area contributed by atoms with Gasteiger partial charge < -0.3 is 4.42 Å². The summed E-state index contributed by atoms with van der Waals surface area (Å²) in [6.07, 6.45) is 0. The largest absolute Gasteiger partial charge is 0.438 e. The summed E-state index contributed by atoms with van der Waals surface area (Å²) in [6, 6.07) is 0.433. The summed E-state index contributed by atoms with van der Waals surface area (Å²) >= 11 is 0. The lowest BCUT2D eigenvalue weighted by atomic mass is 10.3. The van der Waals surface area contributed by atoms with Crippen LogP contribution in [-0.2, 0) is 0 Å². The average Bonchev–Trinajstić information content (AvgIpc) is 2.44. The van der Waals surface area contributed by atoms with Crippen LogP contribution >= 0.6 is 0 Å². The molecule has 2 rings (SSSR count). The number of aromatic nitrogens is 1. The summed E-state index contributed by atoms with van der Waals surface area (Å²) in [6.45, 7) is 1.43. The Morgan fingerprint density at radius 1 is 1.23 bits per heavy atom. The quantitative estimate of drug-likeness (QED) is 0.592. The lowest BCUT2D eigenvalue weighted by molar-refractivity contribution is 0.493. The number of halogens is 3. The van der Waals surface area contributed by atoms with Crippen molar-refractivity contribution in [2.45, 2.75) is 6.92 Å². The molecule has 2 aromatic rings. The summed E-state index contributed by atoms with van der Waals surface area (Å²) < 4.78 is 43.2. The van der Waals surface area contributed by atoms with E-state index in [4.69, 9.17) is 4.42 Å². The van der Waals surface area contributed by atoms with Crippen LogP contribution in [0.15, 0.2) is 10.5 Å². The maximum absolute atomic E-state index is 12.9. The molecule has 0 aliphatic heterocycles. The molecule has 0 atom stereocenters. The SMILES string of the molecule is Cc1nc2c(F)c(F)cc(F)c2o1. The monoisotopic (exact) mass is 187 g/mol. The highest BCUT2D eigenvalue weighted by Gasteiger charge is 2.17. The van der Waals surface area contributed by atoms with Crippen LogP contribution in [0.4, 0.5) is 13.2 Å². The maximum Gasteiger partial charge on any atom is 0.193 e. The Kier molecular flexibility index (Phi) is 1.55. The molecule has 5 heteroatoms. The van der Waals surface area contributed by atoms with Crippen molar-refractivity contribution in [1.29, 1.82) is 0 Å². The molecule has 13 heavy (non-hydrogen) atoms. The fourth-order valence-electron chi connectivity index (χ4n) is 1.09. The molecule has 0 fully saturated rings. The third kappa shape index (κ3) is 1.07. The second-order valence-corrected chi connectivity index (χ2v) is 2.56. The van der Waals surface area contributed by atoms with Crippen molar-refractivity contribution in [2.24, 2.45) is 0 Å². The molecule has 0 aliphatic rings. The van der Waals surface area contributed by atoms with Crippen molar-refractivity contribution < 1.29 is 17.6 Å². The lowest BCUT2D eigenvalue weighted by Crippen LogP contribution is -1.88. The van der Waals surface area contributed by atoms with Gasteiger partial charge in [0.05, 0.1) is 0 Å².